The van der Waals surface area contributed by atoms with E-state index in [-0.39, 0.29) is 30.3 Å². The second-order valence-corrected chi connectivity index (χ2v) is 4.47. The second-order valence-electron chi connectivity index (χ2n) is 4.47. The van der Waals surface area contributed by atoms with Crippen LogP contribution in [0.5, 0.6) is 0 Å². The van der Waals surface area contributed by atoms with Crippen LogP contribution in [0.4, 0.5) is 5.69 Å². The molecule has 0 aliphatic rings. The molecule has 2 rings (SSSR count). The molecule has 3 N–H and O–H groups in total. The molecule has 7 heteroatoms. The molecule has 1 heterocycles. The van der Waals surface area contributed by atoms with Crippen LogP contribution in [-0.2, 0) is 4.79 Å². The van der Waals surface area contributed by atoms with E-state index in [1.165, 1.54) is 6.39 Å². The van der Waals surface area contributed by atoms with Crippen molar-refractivity contribution in [3.8, 4) is 11.4 Å². The third kappa shape index (κ3) is 3.79. The van der Waals surface area contributed by atoms with Crippen LogP contribution in [-0.4, -0.2) is 22.1 Å². The number of aromatic nitrogens is 2. The lowest BCUT2D eigenvalue weighted by atomic mass is 10.0. The summed E-state index contributed by atoms with van der Waals surface area (Å²) in [5.74, 6) is 0.181. The molecular formula is C13H17ClN4O2. The highest BCUT2D eigenvalue weighted by molar-refractivity contribution is 5.92. The van der Waals surface area contributed by atoms with E-state index in [4.69, 9.17) is 5.73 Å². The molecule has 6 nitrogen and oxygen atoms in total. The first-order valence-electron chi connectivity index (χ1n) is 6.01. The number of hydrogen-bond acceptors (Lipinski definition) is 5. The highest BCUT2D eigenvalue weighted by atomic mass is 35.5. The number of nitrogens with one attached hydrogen (secondary N) is 1. The molecule has 0 aliphatic heterocycles. The van der Waals surface area contributed by atoms with E-state index >= 15 is 0 Å². The van der Waals surface area contributed by atoms with E-state index in [1.54, 1.807) is 19.1 Å². The first-order chi connectivity index (χ1) is 9.08. The molecular weight excluding hydrogens is 280 g/mol. The van der Waals surface area contributed by atoms with Crippen molar-refractivity contribution in [2.75, 3.05) is 5.32 Å². The predicted molar refractivity (Wildman–Crippen MR) is 78.4 cm³/mol. The molecule has 0 saturated carbocycles. The Morgan fingerprint density at radius 2 is 1.95 bits per heavy atom. The summed E-state index contributed by atoms with van der Waals surface area (Å²) in [4.78, 5) is 15.8. The minimum absolute atomic E-state index is 0. The molecule has 108 valence electrons. The summed E-state index contributed by atoms with van der Waals surface area (Å²) in [6, 6.07) is 7.03. The number of benzene rings is 1. The summed E-state index contributed by atoms with van der Waals surface area (Å²) < 4.78 is 4.68. The van der Waals surface area contributed by atoms with Crippen molar-refractivity contribution in [3.63, 3.8) is 0 Å². The van der Waals surface area contributed by atoms with Gasteiger partial charge in [-0.3, -0.25) is 4.79 Å². The second kappa shape index (κ2) is 7.02. The highest BCUT2D eigenvalue weighted by Gasteiger charge is 2.16. The van der Waals surface area contributed by atoms with Crippen LogP contribution >= 0.6 is 12.4 Å². The van der Waals surface area contributed by atoms with Gasteiger partial charge >= 0.3 is 0 Å². The Morgan fingerprint density at radius 1 is 1.30 bits per heavy atom. The van der Waals surface area contributed by atoms with Gasteiger partial charge in [-0.1, -0.05) is 12.1 Å². The highest BCUT2D eigenvalue weighted by Crippen LogP contribution is 2.18. The Morgan fingerprint density at radius 3 is 2.45 bits per heavy atom. The van der Waals surface area contributed by atoms with Crippen molar-refractivity contribution in [3.05, 3.63) is 30.7 Å². The Bertz CT molecular complexity index is 540. The summed E-state index contributed by atoms with van der Waals surface area (Å²) in [7, 11) is 0. The van der Waals surface area contributed by atoms with E-state index in [9.17, 15) is 4.79 Å². The van der Waals surface area contributed by atoms with Crippen molar-refractivity contribution in [2.45, 2.75) is 19.9 Å². The number of rotatable bonds is 4. The molecule has 0 fully saturated rings. The zero-order valence-electron chi connectivity index (χ0n) is 11.2. The summed E-state index contributed by atoms with van der Waals surface area (Å²) in [5, 5.41) is 6.55. The van der Waals surface area contributed by atoms with Crippen LogP contribution in [0.1, 0.15) is 13.8 Å². The van der Waals surface area contributed by atoms with Crippen molar-refractivity contribution in [2.24, 2.45) is 11.7 Å². The third-order valence-electron chi connectivity index (χ3n) is 2.97. The van der Waals surface area contributed by atoms with Crippen molar-refractivity contribution in [1.29, 1.82) is 0 Å². The van der Waals surface area contributed by atoms with Gasteiger partial charge in [-0.15, -0.1) is 12.4 Å². The quantitative estimate of drug-likeness (QED) is 0.901. The van der Waals surface area contributed by atoms with Crippen LogP contribution in [0.3, 0.4) is 0 Å². The Balaban J connectivity index is 0.00000200. The van der Waals surface area contributed by atoms with Crippen molar-refractivity contribution >= 4 is 24.0 Å². The topological polar surface area (TPSA) is 94.0 Å². The van der Waals surface area contributed by atoms with E-state index < -0.39 is 0 Å². The number of hydrogen-bond donors (Lipinski definition) is 2. The Hall–Kier alpha value is -1.92. The summed E-state index contributed by atoms with van der Waals surface area (Å²) in [6.07, 6.45) is 1.27. The average Bonchev–Trinajstić information content (AvgIpc) is 2.92. The van der Waals surface area contributed by atoms with Crippen LogP contribution in [0.2, 0.25) is 0 Å². The summed E-state index contributed by atoms with van der Waals surface area (Å²) in [6.45, 7) is 3.61. The normalized spacial score (nSPS) is 13.2. The predicted octanol–water partition coefficient (Wildman–Crippen LogP) is 2.08. The average molecular weight is 297 g/mol. The van der Waals surface area contributed by atoms with Crippen LogP contribution in [0, 0.1) is 5.92 Å². The van der Waals surface area contributed by atoms with Gasteiger partial charge in [0.1, 0.15) is 0 Å². The lowest BCUT2D eigenvalue weighted by Crippen LogP contribution is -2.34. The first-order valence-corrected chi connectivity index (χ1v) is 6.01. The van der Waals surface area contributed by atoms with E-state index in [1.807, 2.05) is 19.1 Å². The van der Waals surface area contributed by atoms with Gasteiger partial charge in [0.05, 0.1) is 5.92 Å². The Kier molecular flexibility index (Phi) is 5.66. The van der Waals surface area contributed by atoms with Crippen molar-refractivity contribution in [1.82, 2.24) is 10.1 Å². The molecule has 0 spiro atoms. The number of carbonyl (C=O) groups is 1. The van der Waals surface area contributed by atoms with Crippen LogP contribution < -0.4 is 11.1 Å². The van der Waals surface area contributed by atoms with Gasteiger partial charge in [-0.25, -0.2) is 0 Å². The van der Waals surface area contributed by atoms with Crippen molar-refractivity contribution < 1.29 is 9.32 Å². The van der Waals surface area contributed by atoms with E-state index in [0.717, 1.165) is 5.56 Å². The number of carbonyl (C=O) groups excluding carboxylic acids is 1. The van der Waals surface area contributed by atoms with Gasteiger partial charge in [0.2, 0.25) is 18.1 Å². The number of halogens is 1. The smallest absolute Gasteiger partial charge is 0.228 e. The molecule has 0 bridgehead atoms. The molecule has 0 radical (unpaired) electrons. The number of nitrogens with zero attached hydrogens (tertiary/aromatic N) is 2. The zero-order valence-corrected chi connectivity index (χ0v) is 12.1. The largest absolute Gasteiger partial charge is 0.342 e. The third-order valence-corrected chi connectivity index (χ3v) is 2.97. The lowest BCUT2D eigenvalue weighted by Gasteiger charge is -2.15. The van der Waals surface area contributed by atoms with E-state index in [2.05, 4.69) is 20.0 Å². The summed E-state index contributed by atoms with van der Waals surface area (Å²) in [5.41, 5.74) is 7.23. The minimum Gasteiger partial charge on any atom is -0.342 e. The van der Waals surface area contributed by atoms with Gasteiger partial charge in [0.25, 0.3) is 0 Å². The molecule has 1 aromatic carbocycles. The molecule has 0 aliphatic carbocycles. The van der Waals surface area contributed by atoms with Gasteiger partial charge in [-0.2, -0.15) is 4.98 Å². The fraction of sp³-hybridized carbons (Fsp3) is 0.308. The van der Waals surface area contributed by atoms with E-state index in [0.29, 0.717) is 11.5 Å². The maximum atomic E-state index is 11.8. The fourth-order valence-electron chi connectivity index (χ4n) is 1.50. The van der Waals surface area contributed by atoms with Gasteiger partial charge in [0, 0.05) is 17.3 Å². The molecule has 1 aromatic heterocycles. The molecule has 2 atom stereocenters. The zero-order chi connectivity index (χ0) is 13.8. The SMILES string of the molecule is CC(N)C(C)C(=O)Nc1ccc(-c2ncon2)cc1.Cl. The first kappa shape index (κ1) is 16.1. The molecule has 2 aromatic rings. The monoisotopic (exact) mass is 296 g/mol. The fourth-order valence-corrected chi connectivity index (χ4v) is 1.50. The Labute approximate surface area is 123 Å². The maximum Gasteiger partial charge on any atom is 0.228 e. The standard InChI is InChI=1S/C13H16N4O2.ClH/c1-8(9(2)14)13(18)16-11-5-3-10(4-6-11)12-15-7-19-17-12;/h3-9H,14H2,1-2H3,(H,16,18);1H. The van der Waals surface area contributed by atoms with Gasteiger partial charge < -0.3 is 15.6 Å². The number of anilines is 1. The molecule has 20 heavy (non-hydrogen) atoms. The van der Waals surface area contributed by atoms with Crippen LogP contribution in [0.15, 0.2) is 35.2 Å². The van der Waals surface area contributed by atoms with Gasteiger partial charge in [0.15, 0.2) is 0 Å². The molecule has 2 unspecified atom stereocenters. The minimum atomic E-state index is -0.239. The maximum absolute atomic E-state index is 11.8. The lowest BCUT2D eigenvalue weighted by molar-refractivity contribution is -0.119. The molecule has 0 saturated heterocycles. The number of amides is 1. The van der Waals surface area contributed by atoms with Gasteiger partial charge in [-0.05, 0) is 31.2 Å². The number of nitrogens with two attached hydrogens (primary N) is 1. The van der Waals surface area contributed by atoms with Crippen LogP contribution in [0.25, 0.3) is 11.4 Å². The molecule has 1 amide bonds. The summed E-state index contributed by atoms with van der Waals surface area (Å²) >= 11 is 0.